The summed E-state index contributed by atoms with van der Waals surface area (Å²) >= 11 is 1.26. The fourth-order valence-corrected chi connectivity index (χ4v) is 1.49. The van der Waals surface area contributed by atoms with Gasteiger partial charge in [-0.2, -0.15) is 5.10 Å². The molecule has 0 atom stereocenters. The highest BCUT2D eigenvalue weighted by molar-refractivity contribution is 8.14. The zero-order valence-corrected chi connectivity index (χ0v) is 7.89. The number of rotatable bonds is 2. The number of thioether (sulfide) groups is 1. The van der Waals surface area contributed by atoms with Crippen LogP contribution in [0.25, 0.3) is 0 Å². The molecule has 2 N–H and O–H groups in total. The average molecular weight is 185 g/mol. The van der Waals surface area contributed by atoms with Gasteiger partial charge < -0.3 is 5.73 Å². The van der Waals surface area contributed by atoms with E-state index in [2.05, 4.69) is 5.10 Å². The highest BCUT2D eigenvalue weighted by Crippen LogP contribution is 2.13. The van der Waals surface area contributed by atoms with Gasteiger partial charge in [0, 0.05) is 13.1 Å². The van der Waals surface area contributed by atoms with E-state index >= 15 is 0 Å². The van der Waals surface area contributed by atoms with Crippen molar-refractivity contribution in [3.05, 3.63) is 11.8 Å². The Morgan fingerprint density at radius 3 is 2.92 bits per heavy atom. The molecule has 0 saturated carbocycles. The lowest BCUT2D eigenvalue weighted by Gasteiger charge is -1.96. The number of hydrogen-bond donors (Lipinski definition) is 1. The second kappa shape index (κ2) is 3.62. The SMILES string of the molecule is CCSC(=O)c1cc(N)nn1C. The van der Waals surface area contributed by atoms with Gasteiger partial charge >= 0.3 is 0 Å². The Bertz CT molecular complexity index is 295. The van der Waals surface area contributed by atoms with Gasteiger partial charge in [-0.25, -0.2) is 0 Å². The van der Waals surface area contributed by atoms with E-state index in [-0.39, 0.29) is 5.12 Å². The molecule has 0 radical (unpaired) electrons. The van der Waals surface area contributed by atoms with Gasteiger partial charge in [0.05, 0.1) is 0 Å². The fourth-order valence-electron chi connectivity index (χ4n) is 0.886. The van der Waals surface area contributed by atoms with E-state index in [0.29, 0.717) is 11.5 Å². The first-order valence-electron chi connectivity index (χ1n) is 3.61. The molecular weight excluding hydrogens is 174 g/mol. The van der Waals surface area contributed by atoms with Crippen LogP contribution in [0, 0.1) is 0 Å². The van der Waals surface area contributed by atoms with Gasteiger partial charge in [-0.15, -0.1) is 0 Å². The fraction of sp³-hybridized carbons (Fsp3) is 0.429. The molecule has 0 aromatic carbocycles. The number of aromatic nitrogens is 2. The van der Waals surface area contributed by atoms with Crippen LogP contribution in [0.3, 0.4) is 0 Å². The van der Waals surface area contributed by atoms with Crippen LogP contribution in [0.5, 0.6) is 0 Å². The van der Waals surface area contributed by atoms with Crippen molar-refractivity contribution < 1.29 is 4.79 Å². The van der Waals surface area contributed by atoms with Crippen molar-refractivity contribution >= 4 is 22.7 Å². The van der Waals surface area contributed by atoms with Crippen molar-refractivity contribution in [3.63, 3.8) is 0 Å². The van der Waals surface area contributed by atoms with Crippen LogP contribution >= 0.6 is 11.8 Å². The first-order chi connectivity index (χ1) is 5.65. The molecule has 0 unspecified atom stereocenters. The summed E-state index contributed by atoms with van der Waals surface area (Å²) in [5.41, 5.74) is 5.97. The molecule has 1 heterocycles. The number of hydrogen-bond acceptors (Lipinski definition) is 4. The van der Waals surface area contributed by atoms with E-state index in [0.717, 1.165) is 5.75 Å². The van der Waals surface area contributed by atoms with Crippen LogP contribution in [0.4, 0.5) is 5.82 Å². The number of nitrogens with two attached hydrogens (primary N) is 1. The normalized spacial score (nSPS) is 10.2. The van der Waals surface area contributed by atoms with Gasteiger partial charge in [-0.05, 0) is 5.75 Å². The molecule has 1 aromatic rings. The molecule has 5 heteroatoms. The van der Waals surface area contributed by atoms with Crippen molar-refractivity contribution in [2.24, 2.45) is 7.05 Å². The zero-order chi connectivity index (χ0) is 9.14. The molecule has 0 aliphatic heterocycles. The van der Waals surface area contributed by atoms with Crippen LogP contribution in [0.15, 0.2) is 6.07 Å². The number of nitrogens with zero attached hydrogens (tertiary/aromatic N) is 2. The van der Waals surface area contributed by atoms with E-state index in [1.54, 1.807) is 13.1 Å². The lowest BCUT2D eigenvalue weighted by Crippen LogP contribution is -2.03. The summed E-state index contributed by atoms with van der Waals surface area (Å²) in [6.07, 6.45) is 0. The van der Waals surface area contributed by atoms with Crippen molar-refractivity contribution in [3.8, 4) is 0 Å². The van der Waals surface area contributed by atoms with Crippen LogP contribution in [-0.4, -0.2) is 20.6 Å². The predicted octanol–water partition coefficient (Wildman–Crippen LogP) is 0.896. The van der Waals surface area contributed by atoms with Crippen LogP contribution in [-0.2, 0) is 7.05 Å². The summed E-state index contributed by atoms with van der Waals surface area (Å²) in [7, 11) is 1.71. The molecule has 0 saturated heterocycles. The topological polar surface area (TPSA) is 60.9 Å². The quantitative estimate of drug-likeness (QED) is 0.743. The Labute approximate surface area is 75.1 Å². The summed E-state index contributed by atoms with van der Waals surface area (Å²) in [4.78, 5) is 11.3. The third kappa shape index (κ3) is 1.79. The minimum atomic E-state index is 0.0178. The minimum Gasteiger partial charge on any atom is -0.382 e. The summed E-state index contributed by atoms with van der Waals surface area (Å²) in [6, 6.07) is 1.59. The second-order valence-corrected chi connectivity index (χ2v) is 3.54. The van der Waals surface area contributed by atoms with Gasteiger partial charge in [0.1, 0.15) is 11.5 Å². The molecule has 1 aromatic heterocycles. The molecule has 4 nitrogen and oxygen atoms in total. The molecule has 66 valence electrons. The highest BCUT2D eigenvalue weighted by Gasteiger charge is 2.10. The summed E-state index contributed by atoms with van der Waals surface area (Å²) < 4.78 is 1.50. The summed E-state index contributed by atoms with van der Waals surface area (Å²) in [5.74, 6) is 1.15. The van der Waals surface area contributed by atoms with Crippen LogP contribution in [0.2, 0.25) is 0 Å². The molecule has 12 heavy (non-hydrogen) atoms. The first-order valence-corrected chi connectivity index (χ1v) is 4.60. The summed E-state index contributed by atoms with van der Waals surface area (Å²) in [5, 5.41) is 3.89. The number of carbonyl (C=O) groups excluding carboxylic acids is 1. The molecule has 0 spiro atoms. The molecule has 1 rings (SSSR count). The third-order valence-corrected chi connectivity index (χ3v) is 2.14. The molecule has 0 bridgehead atoms. The van der Waals surface area contributed by atoms with E-state index < -0.39 is 0 Å². The Morgan fingerprint density at radius 1 is 1.83 bits per heavy atom. The van der Waals surface area contributed by atoms with Crippen molar-refractivity contribution in [2.45, 2.75) is 6.92 Å². The van der Waals surface area contributed by atoms with Crippen LogP contribution < -0.4 is 5.73 Å². The maximum absolute atomic E-state index is 11.3. The Morgan fingerprint density at radius 2 is 2.50 bits per heavy atom. The largest absolute Gasteiger partial charge is 0.382 e. The molecular formula is C7H11N3OS. The molecule has 0 fully saturated rings. The number of anilines is 1. The van der Waals surface area contributed by atoms with Crippen molar-refractivity contribution in [2.75, 3.05) is 11.5 Å². The average Bonchev–Trinajstić information content (AvgIpc) is 2.30. The van der Waals surface area contributed by atoms with Crippen molar-refractivity contribution in [1.82, 2.24) is 9.78 Å². The van der Waals surface area contributed by atoms with E-state index in [1.165, 1.54) is 16.4 Å². The second-order valence-electron chi connectivity index (χ2n) is 2.30. The number of nitrogen functional groups attached to an aromatic ring is 1. The van der Waals surface area contributed by atoms with E-state index in [1.807, 2.05) is 6.92 Å². The number of carbonyl (C=O) groups is 1. The van der Waals surface area contributed by atoms with E-state index in [9.17, 15) is 4.79 Å². The highest BCUT2D eigenvalue weighted by atomic mass is 32.2. The summed E-state index contributed by atoms with van der Waals surface area (Å²) in [6.45, 7) is 1.93. The van der Waals surface area contributed by atoms with Gasteiger partial charge in [0.2, 0.25) is 5.12 Å². The van der Waals surface area contributed by atoms with Crippen molar-refractivity contribution in [1.29, 1.82) is 0 Å². The maximum Gasteiger partial charge on any atom is 0.237 e. The van der Waals surface area contributed by atoms with Gasteiger partial charge in [0.25, 0.3) is 0 Å². The van der Waals surface area contributed by atoms with E-state index in [4.69, 9.17) is 5.73 Å². The molecule has 0 aliphatic rings. The Kier molecular flexibility index (Phi) is 2.75. The monoisotopic (exact) mass is 185 g/mol. The van der Waals surface area contributed by atoms with Gasteiger partial charge in [-0.3, -0.25) is 9.48 Å². The first kappa shape index (κ1) is 9.12. The Hall–Kier alpha value is -0.970. The lowest BCUT2D eigenvalue weighted by molar-refractivity contribution is 0.108. The third-order valence-electron chi connectivity index (χ3n) is 1.38. The predicted molar refractivity (Wildman–Crippen MR) is 50.1 cm³/mol. The molecule has 0 aliphatic carbocycles. The lowest BCUT2D eigenvalue weighted by atomic mass is 10.4. The minimum absolute atomic E-state index is 0.0178. The van der Waals surface area contributed by atoms with Gasteiger partial charge in [0.15, 0.2) is 0 Å². The number of aryl methyl sites for hydroxylation is 1. The zero-order valence-electron chi connectivity index (χ0n) is 7.07. The standard InChI is InChI=1S/C7H11N3OS/c1-3-12-7(11)5-4-6(8)9-10(5)2/h4H,3H2,1-2H3,(H2,8,9). The Balaban J connectivity index is 2.87. The van der Waals surface area contributed by atoms with Crippen LogP contribution in [0.1, 0.15) is 17.4 Å². The maximum atomic E-state index is 11.3. The smallest absolute Gasteiger partial charge is 0.237 e. The van der Waals surface area contributed by atoms with Gasteiger partial charge in [-0.1, -0.05) is 18.7 Å². The molecule has 0 amide bonds.